The fraction of sp³-hybridized carbons (Fsp3) is 0.824. The van der Waals surface area contributed by atoms with Crippen LogP contribution < -0.4 is 5.32 Å². The molecule has 0 atom stereocenters. The maximum absolute atomic E-state index is 5.53. The molecule has 0 unspecified atom stereocenters. The van der Waals surface area contributed by atoms with E-state index in [-0.39, 0.29) is 0 Å². The monoisotopic (exact) mass is 293 g/mol. The summed E-state index contributed by atoms with van der Waals surface area (Å²) in [7, 11) is 0. The van der Waals surface area contributed by atoms with Gasteiger partial charge in [-0.25, -0.2) is 0 Å². The summed E-state index contributed by atoms with van der Waals surface area (Å²) in [5.41, 5.74) is 1.17. The lowest BCUT2D eigenvalue weighted by Crippen LogP contribution is -2.17. The van der Waals surface area contributed by atoms with E-state index >= 15 is 0 Å². The highest BCUT2D eigenvalue weighted by Crippen LogP contribution is 2.27. The molecule has 1 saturated carbocycles. The maximum Gasteiger partial charge on any atom is 0.0762 e. The lowest BCUT2D eigenvalue weighted by atomic mass is 9.96. The molecule has 1 N–H and O–H groups in total. The number of hydrogen-bond donors (Lipinski definition) is 1. The third-order valence-corrected chi connectivity index (χ3v) is 4.12. The van der Waals surface area contributed by atoms with E-state index in [1.807, 2.05) is 0 Å². The number of hydrogen-bond acceptors (Lipinski definition) is 3. The molecular formula is C17H31N3O. The molecule has 1 heterocycles. The molecule has 1 aromatic rings. The van der Waals surface area contributed by atoms with Gasteiger partial charge in [-0.15, -0.1) is 0 Å². The van der Waals surface area contributed by atoms with Gasteiger partial charge in [-0.1, -0.05) is 19.3 Å². The Morgan fingerprint density at radius 2 is 2.10 bits per heavy atom. The Morgan fingerprint density at radius 3 is 2.86 bits per heavy atom. The number of rotatable bonds is 9. The Bertz CT molecular complexity index is 383. The second-order valence-corrected chi connectivity index (χ2v) is 6.38. The topological polar surface area (TPSA) is 39.1 Å². The van der Waals surface area contributed by atoms with E-state index in [2.05, 4.69) is 36.1 Å². The molecule has 21 heavy (non-hydrogen) atoms. The summed E-state index contributed by atoms with van der Waals surface area (Å²) < 4.78 is 7.72. The second-order valence-electron chi connectivity index (χ2n) is 6.38. The molecule has 0 spiro atoms. The van der Waals surface area contributed by atoms with Gasteiger partial charge in [0.25, 0.3) is 0 Å². The minimum atomic E-state index is 0.349. The van der Waals surface area contributed by atoms with Gasteiger partial charge in [0.15, 0.2) is 0 Å². The van der Waals surface area contributed by atoms with E-state index in [1.165, 1.54) is 37.8 Å². The van der Waals surface area contributed by atoms with E-state index in [9.17, 15) is 0 Å². The summed E-state index contributed by atoms with van der Waals surface area (Å²) in [5.74, 6) is 0. The van der Waals surface area contributed by atoms with Gasteiger partial charge in [-0.3, -0.25) is 4.68 Å². The van der Waals surface area contributed by atoms with Gasteiger partial charge in [0, 0.05) is 19.3 Å². The summed E-state index contributed by atoms with van der Waals surface area (Å²) in [4.78, 5) is 0. The van der Waals surface area contributed by atoms with Crippen LogP contribution in [0.1, 0.15) is 70.5 Å². The van der Waals surface area contributed by atoms with Gasteiger partial charge in [0.05, 0.1) is 17.8 Å². The highest BCUT2D eigenvalue weighted by molar-refractivity contribution is 4.99. The number of unbranched alkanes of at least 4 members (excludes halogenated alkanes) is 1. The Hall–Kier alpha value is -0.870. The van der Waals surface area contributed by atoms with Gasteiger partial charge < -0.3 is 10.1 Å². The molecule has 1 aliphatic rings. The summed E-state index contributed by atoms with van der Waals surface area (Å²) in [6.07, 6.45) is 11.5. The quantitative estimate of drug-likeness (QED) is 0.706. The number of nitrogens with zero attached hydrogens (tertiary/aromatic N) is 2. The number of nitrogens with one attached hydrogen (secondary N) is 1. The van der Waals surface area contributed by atoms with Crippen molar-refractivity contribution in [3.63, 3.8) is 0 Å². The first-order valence-electron chi connectivity index (χ1n) is 8.62. The fourth-order valence-corrected chi connectivity index (χ4v) is 2.91. The van der Waals surface area contributed by atoms with Gasteiger partial charge in [0.2, 0.25) is 0 Å². The standard InChI is InChI=1S/C17H31N3O/c1-15(2)21-13-7-6-11-18-14-16-10-12-20(19-16)17-8-4-3-5-9-17/h10,12,15,17-18H,3-9,11,13-14H2,1-2H3. The predicted octanol–water partition coefficient (Wildman–Crippen LogP) is 3.68. The van der Waals surface area contributed by atoms with Crippen LogP contribution in [0.5, 0.6) is 0 Å². The van der Waals surface area contributed by atoms with Crippen molar-refractivity contribution in [2.45, 2.75) is 77.5 Å². The zero-order chi connectivity index (χ0) is 14.9. The van der Waals surface area contributed by atoms with E-state index in [4.69, 9.17) is 9.84 Å². The summed E-state index contributed by atoms with van der Waals surface area (Å²) in [6.45, 7) is 6.96. The van der Waals surface area contributed by atoms with Crippen LogP contribution in [0, 0.1) is 0 Å². The van der Waals surface area contributed by atoms with Crippen LogP contribution in [0.4, 0.5) is 0 Å². The highest BCUT2D eigenvalue weighted by Gasteiger charge is 2.15. The van der Waals surface area contributed by atoms with Gasteiger partial charge in [-0.2, -0.15) is 5.10 Å². The second kappa shape index (κ2) is 9.21. The summed E-state index contributed by atoms with van der Waals surface area (Å²) >= 11 is 0. The molecule has 1 aromatic heterocycles. The predicted molar refractivity (Wildman–Crippen MR) is 86.4 cm³/mol. The molecule has 4 nitrogen and oxygen atoms in total. The van der Waals surface area contributed by atoms with Gasteiger partial charge >= 0.3 is 0 Å². The third-order valence-electron chi connectivity index (χ3n) is 4.12. The lowest BCUT2D eigenvalue weighted by Gasteiger charge is -2.21. The first-order valence-corrected chi connectivity index (χ1v) is 8.62. The molecule has 1 aliphatic carbocycles. The Morgan fingerprint density at radius 1 is 1.29 bits per heavy atom. The Kier molecular flexibility index (Phi) is 7.24. The lowest BCUT2D eigenvalue weighted by molar-refractivity contribution is 0.0760. The molecule has 120 valence electrons. The van der Waals surface area contributed by atoms with E-state index in [0.717, 1.165) is 32.5 Å². The van der Waals surface area contributed by atoms with Crippen LogP contribution in [-0.4, -0.2) is 29.0 Å². The van der Waals surface area contributed by atoms with Crippen molar-refractivity contribution >= 4 is 0 Å². The minimum absolute atomic E-state index is 0.349. The average molecular weight is 293 g/mol. The smallest absolute Gasteiger partial charge is 0.0762 e. The van der Waals surface area contributed by atoms with Crippen molar-refractivity contribution in [1.29, 1.82) is 0 Å². The maximum atomic E-state index is 5.53. The molecule has 0 aromatic carbocycles. The van der Waals surface area contributed by atoms with Gasteiger partial charge in [0.1, 0.15) is 0 Å². The molecule has 2 rings (SSSR count). The first kappa shape index (κ1) is 16.5. The van der Waals surface area contributed by atoms with Crippen LogP contribution in [0.2, 0.25) is 0 Å². The van der Waals surface area contributed by atoms with Crippen LogP contribution in [0.25, 0.3) is 0 Å². The average Bonchev–Trinajstić information content (AvgIpc) is 2.96. The number of aromatic nitrogens is 2. The molecule has 0 aliphatic heterocycles. The van der Waals surface area contributed by atoms with E-state index in [1.54, 1.807) is 0 Å². The van der Waals surface area contributed by atoms with Gasteiger partial charge in [-0.05, 0) is 52.1 Å². The van der Waals surface area contributed by atoms with Crippen LogP contribution in [0.3, 0.4) is 0 Å². The molecule has 1 fully saturated rings. The zero-order valence-electron chi connectivity index (χ0n) is 13.7. The van der Waals surface area contributed by atoms with Crippen LogP contribution in [-0.2, 0) is 11.3 Å². The third kappa shape index (κ3) is 6.18. The molecule has 0 radical (unpaired) electrons. The van der Waals surface area contributed by atoms with Crippen molar-refractivity contribution in [2.24, 2.45) is 0 Å². The van der Waals surface area contributed by atoms with E-state index < -0.39 is 0 Å². The normalized spacial score (nSPS) is 16.7. The highest BCUT2D eigenvalue weighted by atomic mass is 16.5. The summed E-state index contributed by atoms with van der Waals surface area (Å²) in [6, 6.07) is 2.80. The van der Waals surface area contributed by atoms with Crippen molar-refractivity contribution in [1.82, 2.24) is 15.1 Å². The van der Waals surface area contributed by atoms with Crippen molar-refractivity contribution in [3.8, 4) is 0 Å². The Balaban J connectivity index is 1.57. The SMILES string of the molecule is CC(C)OCCCCNCc1ccn(C2CCCCC2)n1. The molecule has 0 amide bonds. The zero-order valence-corrected chi connectivity index (χ0v) is 13.7. The van der Waals surface area contributed by atoms with Crippen molar-refractivity contribution in [3.05, 3.63) is 18.0 Å². The molecule has 0 bridgehead atoms. The van der Waals surface area contributed by atoms with E-state index in [0.29, 0.717) is 12.1 Å². The van der Waals surface area contributed by atoms with Crippen LogP contribution in [0.15, 0.2) is 12.3 Å². The molecule has 4 heteroatoms. The largest absolute Gasteiger partial charge is 0.379 e. The van der Waals surface area contributed by atoms with Crippen LogP contribution >= 0.6 is 0 Å². The fourth-order valence-electron chi connectivity index (χ4n) is 2.91. The minimum Gasteiger partial charge on any atom is -0.379 e. The summed E-state index contributed by atoms with van der Waals surface area (Å²) in [5, 5.41) is 8.20. The Labute approximate surface area is 129 Å². The molecule has 0 saturated heterocycles. The first-order chi connectivity index (χ1) is 10.3. The number of ether oxygens (including phenoxy) is 1. The molecular weight excluding hydrogens is 262 g/mol. The van der Waals surface area contributed by atoms with Crippen molar-refractivity contribution in [2.75, 3.05) is 13.2 Å². The van der Waals surface area contributed by atoms with Crippen molar-refractivity contribution < 1.29 is 4.74 Å².